The Bertz CT molecular complexity index is 685. The van der Waals surface area contributed by atoms with E-state index in [0.717, 1.165) is 24.1 Å². The molecule has 128 valence electrons. The molecule has 6 nitrogen and oxygen atoms in total. The summed E-state index contributed by atoms with van der Waals surface area (Å²) >= 11 is 1.44. The number of halogens is 1. The highest BCUT2D eigenvalue weighted by Gasteiger charge is 2.11. The number of unbranched alkanes of at least 4 members (excludes halogenated alkanes) is 1. The Kier molecular flexibility index (Phi) is 8.22. The molecule has 0 radical (unpaired) electrons. The van der Waals surface area contributed by atoms with E-state index in [2.05, 4.69) is 17.2 Å². The topological polar surface area (TPSA) is 90.0 Å². The first-order valence-electron chi connectivity index (χ1n) is 7.57. The van der Waals surface area contributed by atoms with E-state index in [-0.39, 0.29) is 36.3 Å². The lowest BCUT2D eigenvalue weighted by atomic mass is 10.1. The smallest absolute Gasteiger partial charge is 0.262 e. The Hall–Kier alpha value is -1.44. The highest BCUT2D eigenvalue weighted by Crippen LogP contribution is 2.13. The van der Waals surface area contributed by atoms with Gasteiger partial charge in [0, 0.05) is 25.6 Å². The number of aromatic nitrogens is 2. The van der Waals surface area contributed by atoms with Crippen LogP contribution in [0.2, 0.25) is 0 Å². The number of rotatable bonds is 8. The summed E-state index contributed by atoms with van der Waals surface area (Å²) in [6.45, 7) is 2.87. The summed E-state index contributed by atoms with van der Waals surface area (Å²) in [6, 6.07) is 1.78. The fourth-order valence-electron chi connectivity index (χ4n) is 2.27. The van der Waals surface area contributed by atoms with Gasteiger partial charge in [-0.2, -0.15) is 0 Å². The summed E-state index contributed by atoms with van der Waals surface area (Å²) in [7, 11) is 0. The molecule has 0 saturated heterocycles. The van der Waals surface area contributed by atoms with E-state index >= 15 is 0 Å². The summed E-state index contributed by atoms with van der Waals surface area (Å²) in [6.07, 6.45) is 4.77. The molecule has 0 saturated carbocycles. The van der Waals surface area contributed by atoms with Crippen LogP contribution in [0.4, 0.5) is 0 Å². The zero-order valence-corrected chi connectivity index (χ0v) is 14.8. The molecule has 0 aromatic carbocycles. The number of aryl methyl sites for hydroxylation is 1. The highest BCUT2D eigenvalue weighted by atomic mass is 35.5. The van der Waals surface area contributed by atoms with Crippen LogP contribution in [0.1, 0.15) is 32.6 Å². The minimum Gasteiger partial charge on any atom is -0.352 e. The van der Waals surface area contributed by atoms with E-state index in [1.165, 1.54) is 22.2 Å². The lowest BCUT2D eigenvalue weighted by Gasteiger charge is -2.16. The van der Waals surface area contributed by atoms with Gasteiger partial charge in [-0.25, -0.2) is 4.98 Å². The van der Waals surface area contributed by atoms with E-state index in [4.69, 9.17) is 5.73 Å². The Morgan fingerprint density at radius 3 is 3.00 bits per heavy atom. The molecule has 2 heterocycles. The molecule has 2 aromatic rings. The van der Waals surface area contributed by atoms with Crippen LogP contribution in [0, 0.1) is 0 Å². The van der Waals surface area contributed by atoms with Gasteiger partial charge in [0.1, 0.15) is 4.83 Å². The second kappa shape index (κ2) is 9.64. The number of fused-ring (bicyclic) bond motifs is 1. The number of amides is 1. The standard InChI is InChI=1S/C15H22N4O2S.ClH/c1-2-3-4-11(9-16)18-13(20)5-7-19-10-17-14-12(15(19)21)6-8-22-14;/h6,8,10-11H,2-5,7,9,16H2,1H3,(H,18,20);1H. The van der Waals surface area contributed by atoms with Gasteiger partial charge in [0.25, 0.3) is 5.56 Å². The Labute approximate surface area is 145 Å². The van der Waals surface area contributed by atoms with E-state index in [1.807, 2.05) is 5.38 Å². The fourth-order valence-corrected chi connectivity index (χ4v) is 3.00. The number of nitrogens with zero attached hydrogens (tertiary/aromatic N) is 2. The molecular formula is C15H23ClN4O2S. The molecule has 0 spiro atoms. The first-order chi connectivity index (χ1) is 10.7. The monoisotopic (exact) mass is 358 g/mol. The molecule has 1 atom stereocenters. The van der Waals surface area contributed by atoms with E-state index in [9.17, 15) is 9.59 Å². The van der Waals surface area contributed by atoms with E-state index in [1.54, 1.807) is 6.07 Å². The van der Waals surface area contributed by atoms with Crippen molar-refractivity contribution in [3.05, 3.63) is 28.1 Å². The molecular weight excluding hydrogens is 336 g/mol. The second-order valence-electron chi connectivity index (χ2n) is 5.27. The van der Waals surface area contributed by atoms with Gasteiger partial charge in [-0.1, -0.05) is 19.8 Å². The van der Waals surface area contributed by atoms with Gasteiger partial charge in [-0.05, 0) is 17.9 Å². The van der Waals surface area contributed by atoms with E-state index < -0.39 is 0 Å². The highest BCUT2D eigenvalue weighted by molar-refractivity contribution is 7.16. The average Bonchev–Trinajstić information content (AvgIpc) is 3.00. The number of hydrogen-bond donors (Lipinski definition) is 2. The molecule has 8 heteroatoms. The molecule has 0 aliphatic rings. The van der Waals surface area contributed by atoms with E-state index in [0.29, 0.717) is 18.5 Å². The quantitative estimate of drug-likeness (QED) is 0.754. The summed E-state index contributed by atoms with van der Waals surface area (Å²) in [5.41, 5.74) is 5.57. The minimum absolute atomic E-state index is 0. The third-order valence-electron chi connectivity index (χ3n) is 3.59. The number of nitrogens with two attached hydrogens (primary N) is 1. The van der Waals surface area contributed by atoms with Crippen molar-refractivity contribution < 1.29 is 4.79 Å². The lowest BCUT2D eigenvalue weighted by molar-refractivity contribution is -0.122. The number of nitrogens with one attached hydrogen (secondary N) is 1. The first kappa shape index (κ1) is 19.6. The predicted octanol–water partition coefficient (Wildman–Crippen LogP) is 1.90. The molecule has 0 aliphatic carbocycles. The lowest BCUT2D eigenvalue weighted by Crippen LogP contribution is -2.40. The predicted molar refractivity (Wildman–Crippen MR) is 96.3 cm³/mol. The Morgan fingerprint density at radius 2 is 2.30 bits per heavy atom. The summed E-state index contributed by atoms with van der Waals surface area (Å²) in [5, 5.41) is 5.38. The summed E-state index contributed by atoms with van der Waals surface area (Å²) < 4.78 is 1.48. The minimum atomic E-state index is -0.0968. The van der Waals surface area contributed by atoms with Crippen molar-refractivity contribution in [3.63, 3.8) is 0 Å². The average molecular weight is 359 g/mol. The molecule has 1 amide bonds. The third-order valence-corrected chi connectivity index (χ3v) is 4.41. The molecule has 3 N–H and O–H groups in total. The normalized spacial score (nSPS) is 11.9. The van der Waals surface area contributed by atoms with Crippen molar-refractivity contribution in [2.24, 2.45) is 5.73 Å². The van der Waals surface area contributed by atoms with Crippen LogP contribution in [-0.4, -0.2) is 28.0 Å². The molecule has 0 aliphatic heterocycles. The number of thiophene rings is 1. The maximum absolute atomic E-state index is 12.2. The Morgan fingerprint density at radius 1 is 1.52 bits per heavy atom. The van der Waals surface area contributed by atoms with Crippen molar-refractivity contribution in [1.82, 2.24) is 14.9 Å². The molecule has 0 bridgehead atoms. The van der Waals surface area contributed by atoms with Crippen molar-refractivity contribution in [2.45, 2.75) is 45.2 Å². The largest absolute Gasteiger partial charge is 0.352 e. The SMILES string of the molecule is CCCCC(CN)NC(=O)CCn1cnc2sccc2c1=O.Cl. The Balaban J connectivity index is 0.00000264. The zero-order valence-electron chi connectivity index (χ0n) is 13.2. The van der Waals surface area contributed by atoms with Crippen molar-refractivity contribution in [1.29, 1.82) is 0 Å². The van der Waals surface area contributed by atoms with Gasteiger partial charge >= 0.3 is 0 Å². The number of hydrogen-bond acceptors (Lipinski definition) is 5. The van der Waals surface area contributed by atoms with Crippen LogP contribution in [0.15, 0.2) is 22.6 Å². The fraction of sp³-hybridized carbons (Fsp3) is 0.533. The first-order valence-corrected chi connectivity index (χ1v) is 8.45. The molecule has 2 rings (SSSR count). The summed E-state index contributed by atoms with van der Waals surface area (Å²) in [4.78, 5) is 29.1. The maximum atomic E-state index is 12.2. The van der Waals surface area contributed by atoms with Gasteiger partial charge in [0.05, 0.1) is 11.7 Å². The van der Waals surface area contributed by atoms with Crippen LogP contribution in [-0.2, 0) is 11.3 Å². The van der Waals surface area contributed by atoms with Gasteiger partial charge in [-0.3, -0.25) is 14.2 Å². The summed E-state index contributed by atoms with van der Waals surface area (Å²) in [5.74, 6) is -0.0798. The van der Waals surface area contributed by atoms with Crippen molar-refractivity contribution in [3.8, 4) is 0 Å². The van der Waals surface area contributed by atoms with Crippen LogP contribution in [0.5, 0.6) is 0 Å². The van der Waals surface area contributed by atoms with Gasteiger partial charge in [-0.15, -0.1) is 23.7 Å². The third kappa shape index (κ3) is 5.30. The molecule has 1 unspecified atom stereocenters. The zero-order chi connectivity index (χ0) is 15.9. The molecule has 0 fully saturated rings. The van der Waals surface area contributed by atoms with Gasteiger partial charge < -0.3 is 11.1 Å². The molecule has 2 aromatic heterocycles. The van der Waals surface area contributed by atoms with Gasteiger partial charge in [0.15, 0.2) is 0 Å². The van der Waals surface area contributed by atoms with Crippen LogP contribution in [0.3, 0.4) is 0 Å². The maximum Gasteiger partial charge on any atom is 0.262 e. The van der Waals surface area contributed by atoms with Crippen molar-refractivity contribution >= 4 is 39.9 Å². The number of carbonyl (C=O) groups excluding carboxylic acids is 1. The number of carbonyl (C=O) groups is 1. The molecule has 23 heavy (non-hydrogen) atoms. The van der Waals surface area contributed by atoms with Crippen LogP contribution < -0.4 is 16.6 Å². The van der Waals surface area contributed by atoms with Crippen LogP contribution in [0.25, 0.3) is 10.2 Å². The van der Waals surface area contributed by atoms with Crippen molar-refractivity contribution in [2.75, 3.05) is 6.54 Å². The van der Waals surface area contributed by atoms with Gasteiger partial charge in [0.2, 0.25) is 5.91 Å². The second-order valence-corrected chi connectivity index (χ2v) is 6.17. The van der Waals surface area contributed by atoms with Crippen LogP contribution >= 0.6 is 23.7 Å².